The summed E-state index contributed by atoms with van der Waals surface area (Å²) >= 11 is 1.52. The monoisotopic (exact) mass is 380 g/mol. The number of methoxy groups -OCH3 is 3. The van der Waals surface area contributed by atoms with E-state index in [0.29, 0.717) is 19.7 Å². The average Bonchev–Trinajstić information content (AvgIpc) is 3.16. The third-order valence-electron chi connectivity index (χ3n) is 3.74. The van der Waals surface area contributed by atoms with E-state index in [0.717, 1.165) is 5.56 Å². The minimum Gasteiger partial charge on any atom is -0.493 e. The van der Waals surface area contributed by atoms with Crippen molar-refractivity contribution < 1.29 is 23.9 Å². The minimum absolute atomic E-state index is 0.0565. The van der Waals surface area contributed by atoms with Crippen LogP contribution in [0.1, 0.15) is 15.9 Å². The summed E-state index contributed by atoms with van der Waals surface area (Å²) in [5.74, 6) is -0.0263. The summed E-state index contributed by atoms with van der Waals surface area (Å²) in [6.07, 6.45) is 0. The highest BCUT2D eigenvalue weighted by molar-refractivity contribution is 7.07. The van der Waals surface area contributed by atoms with Crippen molar-refractivity contribution in [3.8, 4) is 11.5 Å². The average molecular weight is 380 g/mol. The normalized spacial score (nSPS) is 10.4. The van der Waals surface area contributed by atoms with E-state index < -0.39 is 10.8 Å². The summed E-state index contributed by atoms with van der Waals surface area (Å²) in [4.78, 5) is 25.4. The molecule has 9 heteroatoms. The molecule has 0 unspecified atom stereocenters. The fraction of sp³-hybridized carbons (Fsp3) is 0.353. The fourth-order valence-corrected chi connectivity index (χ4v) is 3.08. The van der Waals surface area contributed by atoms with Crippen LogP contribution in [0.25, 0.3) is 0 Å². The molecular formula is C17H20N2O6S. The van der Waals surface area contributed by atoms with Crippen LogP contribution in [-0.2, 0) is 11.3 Å². The Morgan fingerprint density at radius 2 is 1.92 bits per heavy atom. The second kappa shape index (κ2) is 9.16. The first-order valence-electron chi connectivity index (χ1n) is 7.71. The van der Waals surface area contributed by atoms with E-state index in [9.17, 15) is 14.9 Å². The van der Waals surface area contributed by atoms with Crippen LogP contribution in [0.15, 0.2) is 29.0 Å². The molecule has 0 radical (unpaired) electrons. The molecule has 1 aromatic heterocycles. The first-order valence-corrected chi connectivity index (χ1v) is 8.65. The van der Waals surface area contributed by atoms with Crippen molar-refractivity contribution in [3.05, 3.63) is 50.2 Å². The predicted octanol–water partition coefficient (Wildman–Crippen LogP) is 2.96. The van der Waals surface area contributed by atoms with Crippen molar-refractivity contribution in [1.29, 1.82) is 0 Å². The van der Waals surface area contributed by atoms with E-state index in [4.69, 9.17) is 14.2 Å². The van der Waals surface area contributed by atoms with Gasteiger partial charge in [0.2, 0.25) is 0 Å². The summed E-state index contributed by atoms with van der Waals surface area (Å²) in [5, 5.41) is 15.3. The number of rotatable bonds is 9. The fourth-order valence-electron chi connectivity index (χ4n) is 2.42. The van der Waals surface area contributed by atoms with Gasteiger partial charge in [-0.05, 0) is 22.4 Å². The Morgan fingerprint density at radius 3 is 2.46 bits per heavy atom. The van der Waals surface area contributed by atoms with Crippen molar-refractivity contribution in [1.82, 2.24) is 4.90 Å². The number of benzene rings is 1. The standard InChI is InChI=1S/C17H20N2O6S/c1-23-6-5-18(10-12-4-7-26-11-12)17(20)13-8-15(24-2)16(25-3)9-14(13)19(21)22/h4,7-9,11H,5-6,10H2,1-3H3. The number of thiophene rings is 1. The smallest absolute Gasteiger partial charge is 0.286 e. The van der Waals surface area contributed by atoms with Gasteiger partial charge in [0.1, 0.15) is 5.56 Å². The number of hydrogen-bond acceptors (Lipinski definition) is 7. The lowest BCUT2D eigenvalue weighted by atomic mass is 10.1. The number of nitrogens with zero attached hydrogens (tertiary/aromatic N) is 2. The minimum atomic E-state index is -0.603. The number of nitro benzene ring substituents is 1. The van der Waals surface area contributed by atoms with Gasteiger partial charge in [0, 0.05) is 26.3 Å². The summed E-state index contributed by atoms with van der Waals surface area (Å²) < 4.78 is 15.4. The molecule has 0 spiro atoms. The second-order valence-corrected chi connectivity index (χ2v) is 6.11. The number of amides is 1. The van der Waals surface area contributed by atoms with Crippen molar-refractivity contribution in [3.63, 3.8) is 0 Å². The van der Waals surface area contributed by atoms with Crippen molar-refractivity contribution in [2.75, 3.05) is 34.5 Å². The highest BCUT2D eigenvalue weighted by atomic mass is 32.1. The maximum atomic E-state index is 13.0. The lowest BCUT2D eigenvalue weighted by Crippen LogP contribution is -2.33. The van der Waals surface area contributed by atoms with Gasteiger partial charge in [-0.3, -0.25) is 14.9 Å². The van der Waals surface area contributed by atoms with Crippen LogP contribution < -0.4 is 9.47 Å². The number of carbonyl (C=O) groups excluding carboxylic acids is 1. The Kier molecular flexibility index (Phi) is 6.93. The molecule has 0 saturated heterocycles. The number of hydrogen-bond donors (Lipinski definition) is 0. The van der Waals surface area contributed by atoms with Gasteiger partial charge >= 0.3 is 0 Å². The van der Waals surface area contributed by atoms with E-state index >= 15 is 0 Å². The van der Waals surface area contributed by atoms with Crippen LogP contribution in [0, 0.1) is 10.1 Å². The highest BCUT2D eigenvalue weighted by Crippen LogP contribution is 2.35. The van der Waals surface area contributed by atoms with E-state index in [1.54, 1.807) is 0 Å². The van der Waals surface area contributed by atoms with Gasteiger partial charge in [-0.2, -0.15) is 11.3 Å². The molecule has 1 aromatic carbocycles. The molecule has 26 heavy (non-hydrogen) atoms. The zero-order valence-corrected chi connectivity index (χ0v) is 15.6. The number of carbonyl (C=O) groups is 1. The molecule has 1 amide bonds. The Labute approximate surface area is 155 Å². The van der Waals surface area contributed by atoms with Crippen LogP contribution in [-0.4, -0.2) is 50.2 Å². The summed E-state index contributed by atoms with van der Waals surface area (Å²) in [6, 6.07) is 4.44. The molecular weight excluding hydrogens is 360 g/mol. The zero-order chi connectivity index (χ0) is 19.1. The lowest BCUT2D eigenvalue weighted by Gasteiger charge is -2.22. The van der Waals surface area contributed by atoms with Crippen LogP contribution >= 0.6 is 11.3 Å². The molecule has 0 aliphatic carbocycles. The van der Waals surface area contributed by atoms with Crippen molar-refractivity contribution >= 4 is 22.9 Å². The quantitative estimate of drug-likeness (QED) is 0.491. The molecule has 2 rings (SSSR count). The molecule has 0 N–H and O–H groups in total. The predicted molar refractivity (Wildman–Crippen MR) is 97.1 cm³/mol. The third-order valence-corrected chi connectivity index (χ3v) is 4.47. The van der Waals surface area contributed by atoms with Crippen LogP contribution in [0.3, 0.4) is 0 Å². The van der Waals surface area contributed by atoms with E-state index in [2.05, 4.69) is 0 Å². The van der Waals surface area contributed by atoms with Gasteiger partial charge in [-0.15, -0.1) is 0 Å². The maximum absolute atomic E-state index is 13.0. The number of nitro groups is 1. The molecule has 0 atom stereocenters. The molecule has 140 valence electrons. The summed E-state index contributed by atoms with van der Waals surface area (Å²) in [5.41, 5.74) is 0.557. The topological polar surface area (TPSA) is 91.1 Å². The zero-order valence-electron chi connectivity index (χ0n) is 14.8. The van der Waals surface area contributed by atoms with Gasteiger partial charge in [0.25, 0.3) is 11.6 Å². The van der Waals surface area contributed by atoms with Gasteiger partial charge in [0.05, 0.1) is 31.8 Å². The second-order valence-electron chi connectivity index (χ2n) is 5.33. The maximum Gasteiger partial charge on any atom is 0.286 e. The van der Waals surface area contributed by atoms with Gasteiger partial charge in [-0.1, -0.05) is 0 Å². The highest BCUT2D eigenvalue weighted by Gasteiger charge is 2.28. The van der Waals surface area contributed by atoms with Gasteiger partial charge in [-0.25, -0.2) is 0 Å². The molecule has 1 heterocycles. The SMILES string of the molecule is COCCN(Cc1ccsc1)C(=O)c1cc(OC)c(OC)cc1[N+](=O)[O-]. The van der Waals surface area contributed by atoms with Crippen LogP contribution in [0.4, 0.5) is 5.69 Å². The van der Waals surface area contributed by atoms with Crippen molar-refractivity contribution in [2.45, 2.75) is 6.54 Å². The Balaban J connectivity index is 2.43. The molecule has 0 aliphatic rings. The first-order chi connectivity index (χ1) is 12.5. The van der Waals surface area contributed by atoms with E-state index in [1.165, 1.54) is 49.7 Å². The lowest BCUT2D eigenvalue weighted by molar-refractivity contribution is -0.385. The Bertz CT molecular complexity index is 763. The molecule has 0 aliphatic heterocycles. The summed E-state index contributed by atoms with van der Waals surface area (Å²) in [6.45, 7) is 0.949. The molecule has 0 saturated carbocycles. The molecule has 0 fully saturated rings. The van der Waals surface area contributed by atoms with E-state index in [-0.39, 0.29) is 22.7 Å². The Hall–Kier alpha value is -2.65. The van der Waals surface area contributed by atoms with Crippen LogP contribution in [0.2, 0.25) is 0 Å². The third kappa shape index (κ3) is 4.50. The Morgan fingerprint density at radius 1 is 1.23 bits per heavy atom. The molecule has 2 aromatic rings. The van der Waals surface area contributed by atoms with Gasteiger partial charge in [0.15, 0.2) is 11.5 Å². The largest absolute Gasteiger partial charge is 0.493 e. The van der Waals surface area contributed by atoms with Gasteiger partial charge < -0.3 is 19.1 Å². The van der Waals surface area contributed by atoms with Crippen molar-refractivity contribution in [2.24, 2.45) is 0 Å². The number of ether oxygens (including phenoxy) is 3. The molecule has 0 bridgehead atoms. The first kappa shape index (κ1) is 19.7. The summed E-state index contributed by atoms with van der Waals surface area (Å²) in [7, 11) is 4.32. The molecule has 8 nitrogen and oxygen atoms in total. The van der Waals surface area contributed by atoms with E-state index in [1.807, 2.05) is 16.8 Å². The van der Waals surface area contributed by atoms with Crippen LogP contribution in [0.5, 0.6) is 11.5 Å².